The third-order valence-electron chi connectivity index (χ3n) is 4.57. The molecule has 0 aliphatic carbocycles. The van der Waals surface area contributed by atoms with Crippen molar-refractivity contribution in [2.24, 2.45) is 0 Å². The van der Waals surface area contributed by atoms with Gasteiger partial charge < -0.3 is 10.2 Å². The van der Waals surface area contributed by atoms with Gasteiger partial charge in [-0.3, -0.25) is 4.79 Å². The highest BCUT2D eigenvalue weighted by molar-refractivity contribution is 5.92. The maximum atomic E-state index is 12.7. The van der Waals surface area contributed by atoms with E-state index in [1.165, 1.54) is 5.69 Å². The van der Waals surface area contributed by atoms with Crippen molar-refractivity contribution < 1.29 is 4.79 Å². The minimum atomic E-state index is -0.247. The summed E-state index contributed by atoms with van der Waals surface area (Å²) in [5, 5.41) is 3.39. The molecule has 0 unspecified atom stereocenters. The number of carbonyl (C=O) groups is 1. The number of Topliss-reactive ketones (excluding diaryl/α,β-unsaturated/α-hetero) is 1. The normalized spacial score (nSPS) is 23.4. The summed E-state index contributed by atoms with van der Waals surface area (Å²) in [5.41, 5.74) is 0.961. The highest BCUT2D eigenvalue weighted by Crippen LogP contribution is 2.35. The quantitative estimate of drug-likeness (QED) is 0.839. The van der Waals surface area contributed by atoms with Crippen molar-refractivity contribution in [1.82, 2.24) is 5.32 Å². The lowest BCUT2D eigenvalue weighted by molar-refractivity contribution is -0.124. The van der Waals surface area contributed by atoms with Gasteiger partial charge in [0.05, 0.1) is 0 Å². The van der Waals surface area contributed by atoms with Crippen LogP contribution in [0.25, 0.3) is 0 Å². The van der Waals surface area contributed by atoms with Gasteiger partial charge in [-0.2, -0.15) is 0 Å². The Bertz CT molecular complexity index is 437. The van der Waals surface area contributed by atoms with Crippen LogP contribution >= 0.6 is 0 Å². The number of hydrogen-bond donors (Lipinski definition) is 1. The number of rotatable bonds is 1. The number of para-hydroxylation sites is 1. The van der Waals surface area contributed by atoms with Gasteiger partial charge in [0, 0.05) is 18.7 Å². The number of nitrogens with one attached hydrogen (secondary N) is 1. The van der Waals surface area contributed by atoms with E-state index in [4.69, 9.17) is 0 Å². The van der Waals surface area contributed by atoms with Gasteiger partial charge in [-0.05, 0) is 50.9 Å². The monoisotopic (exact) mass is 258 g/mol. The summed E-state index contributed by atoms with van der Waals surface area (Å²) in [5.74, 6) is 0.454. The average Bonchev–Trinajstić information content (AvgIpc) is 2.62. The molecule has 3 nitrogen and oxygen atoms in total. The zero-order chi connectivity index (χ0) is 13.1. The minimum Gasteiger partial charge on any atom is -0.359 e. The molecule has 19 heavy (non-hydrogen) atoms. The Morgan fingerprint density at radius 3 is 2.53 bits per heavy atom. The number of hydrogen-bond acceptors (Lipinski definition) is 3. The van der Waals surface area contributed by atoms with E-state index in [1.807, 2.05) is 6.07 Å². The highest BCUT2D eigenvalue weighted by atomic mass is 16.1. The summed E-state index contributed by atoms with van der Waals surface area (Å²) in [4.78, 5) is 15.1. The standard InChI is InChI=1S/C16H22N2O/c19-15-8-4-5-13-18(14-6-2-1-3-7-14)16(15)9-11-17-12-10-16/h1-3,6-7,17H,4-5,8-13H2. The Labute approximate surface area is 115 Å². The molecular weight excluding hydrogens is 236 g/mol. The van der Waals surface area contributed by atoms with Crippen LogP contribution in [0.3, 0.4) is 0 Å². The molecule has 2 aliphatic heterocycles. The lowest BCUT2D eigenvalue weighted by atomic mass is 9.81. The first-order valence-corrected chi connectivity index (χ1v) is 7.40. The highest BCUT2D eigenvalue weighted by Gasteiger charge is 2.44. The number of anilines is 1. The zero-order valence-corrected chi connectivity index (χ0v) is 11.4. The van der Waals surface area contributed by atoms with Gasteiger partial charge >= 0.3 is 0 Å². The van der Waals surface area contributed by atoms with Crippen LogP contribution in [0.2, 0.25) is 0 Å². The molecule has 1 aromatic rings. The number of carbonyl (C=O) groups excluding carboxylic acids is 1. The number of piperidine rings is 1. The molecule has 0 amide bonds. The number of ketones is 1. The van der Waals surface area contributed by atoms with E-state index >= 15 is 0 Å². The maximum absolute atomic E-state index is 12.7. The van der Waals surface area contributed by atoms with Crippen LogP contribution in [0.15, 0.2) is 30.3 Å². The van der Waals surface area contributed by atoms with Crippen molar-refractivity contribution in [2.75, 3.05) is 24.5 Å². The molecule has 0 bridgehead atoms. The molecule has 1 N–H and O–H groups in total. The summed E-state index contributed by atoms with van der Waals surface area (Å²) >= 11 is 0. The molecule has 0 saturated carbocycles. The van der Waals surface area contributed by atoms with Crippen LogP contribution < -0.4 is 10.2 Å². The van der Waals surface area contributed by atoms with Crippen LogP contribution in [-0.4, -0.2) is 31.0 Å². The first-order valence-electron chi connectivity index (χ1n) is 7.40. The number of benzene rings is 1. The second-order valence-corrected chi connectivity index (χ2v) is 5.65. The maximum Gasteiger partial charge on any atom is 0.158 e. The first-order chi connectivity index (χ1) is 9.33. The Morgan fingerprint density at radius 1 is 1.05 bits per heavy atom. The predicted molar refractivity (Wildman–Crippen MR) is 77.5 cm³/mol. The summed E-state index contributed by atoms with van der Waals surface area (Å²) in [6, 6.07) is 10.5. The minimum absolute atomic E-state index is 0.247. The van der Waals surface area contributed by atoms with Gasteiger partial charge in [0.15, 0.2) is 5.78 Å². The molecule has 1 aromatic carbocycles. The molecular formula is C16H22N2O. The molecule has 2 aliphatic rings. The van der Waals surface area contributed by atoms with E-state index in [9.17, 15) is 4.79 Å². The Morgan fingerprint density at radius 2 is 1.79 bits per heavy atom. The van der Waals surface area contributed by atoms with Crippen LogP contribution in [0.4, 0.5) is 5.69 Å². The second kappa shape index (κ2) is 5.33. The van der Waals surface area contributed by atoms with Gasteiger partial charge in [-0.1, -0.05) is 18.2 Å². The van der Waals surface area contributed by atoms with Crippen LogP contribution in [0.5, 0.6) is 0 Å². The van der Waals surface area contributed by atoms with Crippen LogP contribution in [0, 0.1) is 0 Å². The SMILES string of the molecule is O=C1CCCCN(c2ccccc2)C12CCNCC2. The Kier molecular flexibility index (Phi) is 3.56. The predicted octanol–water partition coefficient (Wildman–Crippen LogP) is 2.37. The number of nitrogens with zero attached hydrogens (tertiary/aromatic N) is 1. The zero-order valence-electron chi connectivity index (χ0n) is 11.4. The van der Waals surface area contributed by atoms with Crippen molar-refractivity contribution in [3.05, 3.63) is 30.3 Å². The molecule has 2 saturated heterocycles. The summed E-state index contributed by atoms with van der Waals surface area (Å²) in [6.45, 7) is 2.92. The van der Waals surface area contributed by atoms with Crippen molar-refractivity contribution in [2.45, 2.75) is 37.6 Å². The first kappa shape index (κ1) is 12.7. The third kappa shape index (κ3) is 2.27. The van der Waals surface area contributed by atoms with E-state index in [0.29, 0.717) is 5.78 Å². The Balaban J connectivity index is 2.00. The molecule has 0 aromatic heterocycles. The van der Waals surface area contributed by atoms with Crippen molar-refractivity contribution in [3.8, 4) is 0 Å². The topological polar surface area (TPSA) is 32.3 Å². The molecule has 1 spiro atoms. The summed E-state index contributed by atoms with van der Waals surface area (Å²) < 4.78 is 0. The third-order valence-corrected chi connectivity index (χ3v) is 4.57. The fraction of sp³-hybridized carbons (Fsp3) is 0.562. The average molecular weight is 258 g/mol. The fourth-order valence-electron chi connectivity index (χ4n) is 3.53. The molecule has 102 valence electrons. The van der Waals surface area contributed by atoms with Crippen LogP contribution in [0.1, 0.15) is 32.1 Å². The second-order valence-electron chi connectivity index (χ2n) is 5.65. The molecule has 2 fully saturated rings. The van der Waals surface area contributed by atoms with Crippen LogP contribution in [-0.2, 0) is 4.79 Å². The van der Waals surface area contributed by atoms with Gasteiger partial charge in [0.25, 0.3) is 0 Å². The molecule has 2 heterocycles. The lowest BCUT2D eigenvalue weighted by Crippen LogP contribution is -2.59. The van der Waals surface area contributed by atoms with Gasteiger partial charge in [-0.15, -0.1) is 0 Å². The fourth-order valence-corrected chi connectivity index (χ4v) is 3.53. The summed E-state index contributed by atoms with van der Waals surface area (Å²) in [6.07, 6.45) is 4.80. The van der Waals surface area contributed by atoms with E-state index in [0.717, 1.165) is 51.7 Å². The lowest BCUT2D eigenvalue weighted by Gasteiger charge is -2.46. The van der Waals surface area contributed by atoms with Gasteiger partial charge in [-0.25, -0.2) is 0 Å². The smallest absolute Gasteiger partial charge is 0.158 e. The van der Waals surface area contributed by atoms with Crippen molar-refractivity contribution in [3.63, 3.8) is 0 Å². The largest absolute Gasteiger partial charge is 0.359 e. The van der Waals surface area contributed by atoms with E-state index in [2.05, 4.69) is 34.5 Å². The van der Waals surface area contributed by atoms with E-state index < -0.39 is 0 Å². The summed E-state index contributed by atoms with van der Waals surface area (Å²) in [7, 11) is 0. The van der Waals surface area contributed by atoms with Crippen molar-refractivity contribution in [1.29, 1.82) is 0 Å². The molecule has 0 radical (unpaired) electrons. The molecule has 3 rings (SSSR count). The van der Waals surface area contributed by atoms with Gasteiger partial charge in [0.1, 0.15) is 5.54 Å². The Hall–Kier alpha value is -1.35. The molecule has 3 heteroatoms. The van der Waals surface area contributed by atoms with Crippen molar-refractivity contribution >= 4 is 11.5 Å². The van der Waals surface area contributed by atoms with E-state index in [-0.39, 0.29) is 5.54 Å². The van der Waals surface area contributed by atoms with E-state index in [1.54, 1.807) is 0 Å². The molecule has 0 atom stereocenters. The van der Waals surface area contributed by atoms with Gasteiger partial charge in [0.2, 0.25) is 0 Å².